The first-order chi connectivity index (χ1) is 16.3. The lowest BCUT2D eigenvalue weighted by Gasteiger charge is -2.31. The van der Waals surface area contributed by atoms with Gasteiger partial charge in [-0.25, -0.2) is 13.5 Å². The number of aliphatic hydroxyl groups is 1. The molecule has 3 aromatic carbocycles. The van der Waals surface area contributed by atoms with Crippen molar-refractivity contribution in [3.63, 3.8) is 0 Å². The minimum atomic E-state index is -5.34. The van der Waals surface area contributed by atoms with E-state index >= 15 is 0 Å². The van der Waals surface area contributed by atoms with Crippen LogP contribution in [0.4, 0.5) is 35.1 Å². The average Bonchev–Trinajstić information content (AvgIpc) is 3.20. The zero-order valence-electron chi connectivity index (χ0n) is 17.3. The molecular formula is C23H14F8N2O2. The van der Waals surface area contributed by atoms with E-state index < -0.39 is 53.1 Å². The van der Waals surface area contributed by atoms with E-state index in [4.69, 9.17) is 4.74 Å². The zero-order chi connectivity index (χ0) is 25.6. The molecule has 1 N–H and O–H groups in total. The number of alkyl halides is 6. The number of aromatic nitrogens is 2. The molecule has 0 aliphatic carbocycles. The number of halogens is 8. The molecule has 0 saturated carbocycles. The molecule has 12 heteroatoms. The SMILES string of the molecule is OC(COc1cc(C(F)(F)F)ccc1F)(c1ccc2c(cnn2-c2ccc(F)cc2)c1)C(F)(F)F. The van der Waals surface area contributed by atoms with Gasteiger partial charge in [0.15, 0.2) is 11.6 Å². The van der Waals surface area contributed by atoms with Crippen molar-refractivity contribution in [3.05, 3.63) is 89.6 Å². The highest BCUT2D eigenvalue weighted by Crippen LogP contribution is 2.41. The summed E-state index contributed by atoms with van der Waals surface area (Å²) in [6.07, 6.45) is -9.01. The number of ether oxygens (including phenoxy) is 1. The van der Waals surface area contributed by atoms with Crippen molar-refractivity contribution in [1.29, 1.82) is 0 Å². The Labute approximate surface area is 192 Å². The van der Waals surface area contributed by atoms with Crippen molar-refractivity contribution < 1.29 is 45.0 Å². The molecule has 0 fully saturated rings. The Morgan fingerprint density at radius 1 is 0.829 bits per heavy atom. The third-order valence-electron chi connectivity index (χ3n) is 5.28. The predicted molar refractivity (Wildman–Crippen MR) is 108 cm³/mol. The maximum atomic E-state index is 13.9. The second-order valence-electron chi connectivity index (χ2n) is 7.60. The van der Waals surface area contributed by atoms with Crippen molar-refractivity contribution in [2.24, 2.45) is 0 Å². The van der Waals surface area contributed by atoms with Crippen LogP contribution in [-0.2, 0) is 11.8 Å². The molecule has 0 aliphatic heterocycles. The smallest absolute Gasteiger partial charge is 0.424 e. The zero-order valence-corrected chi connectivity index (χ0v) is 17.3. The van der Waals surface area contributed by atoms with Crippen LogP contribution in [0.1, 0.15) is 11.1 Å². The van der Waals surface area contributed by atoms with Crippen LogP contribution >= 0.6 is 0 Å². The van der Waals surface area contributed by atoms with Crippen LogP contribution in [0.3, 0.4) is 0 Å². The number of nitrogens with zero attached hydrogens (tertiary/aromatic N) is 2. The van der Waals surface area contributed by atoms with Crippen LogP contribution in [0.25, 0.3) is 16.6 Å². The molecule has 4 nitrogen and oxygen atoms in total. The fourth-order valence-corrected chi connectivity index (χ4v) is 3.38. The number of hydrogen-bond donors (Lipinski definition) is 1. The Morgan fingerprint density at radius 2 is 1.49 bits per heavy atom. The van der Waals surface area contributed by atoms with Gasteiger partial charge in [0.25, 0.3) is 0 Å². The van der Waals surface area contributed by atoms with Crippen LogP contribution in [0.2, 0.25) is 0 Å². The predicted octanol–water partition coefficient (Wildman–Crippen LogP) is 6.15. The number of rotatable bonds is 5. The molecule has 4 rings (SSSR count). The molecule has 0 amide bonds. The van der Waals surface area contributed by atoms with E-state index in [2.05, 4.69) is 5.10 Å². The summed E-state index contributed by atoms with van der Waals surface area (Å²) in [4.78, 5) is 0. The summed E-state index contributed by atoms with van der Waals surface area (Å²) in [7, 11) is 0. The van der Waals surface area contributed by atoms with E-state index in [1.165, 1.54) is 41.2 Å². The van der Waals surface area contributed by atoms with E-state index in [1.807, 2.05) is 0 Å². The topological polar surface area (TPSA) is 47.3 Å². The summed E-state index contributed by atoms with van der Waals surface area (Å²) in [6, 6.07) is 9.30. The highest BCUT2D eigenvalue weighted by atomic mass is 19.4. The second kappa shape index (κ2) is 8.52. The molecule has 4 aromatic rings. The molecule has 0 spiro atoms. The third-order valence-corrected chi connectivity index (χ3v) is 5.28. The van der Waals surface area contributed by atoms with Crippen LogP contribution in [0.15, 0.2) is 66.9 Å². The van der Waals surface area contributed by atoms with Gasteiger partial charge >= 0.3 is 12.4 Å². The summed E-state index contributed by atoms with van der Waals surface area (Å²) in [5, 5.41) is 14.8. The van der Waals surface area contributed by atoms with Crippen molar-refractivity contribution >= 4 is 10.9 Å². The first-order valence-electron chi connectivity index (χ1n) is 9.82. The van der Waals surface area contributed by atoms with E-state index in [-0.39, 0.29) is 11.5 Å². The lowest BCUT2D eigenvalue weighted by Crippen LogP contribution is -2.47. The average molecular weight is 502 g/mol. The van der Waals surface area contributed by atoms with E-state index in [0.29, 0.717) is 23.3 Å². The molecule has 0 bridgehead atoms. The van der Waals surface area contributed by atoms with Crippen molar-refractivity contribution in [1.82, 2.24) is 9.78 Å². The third kappa shape index (κ3) is 4.65. The fraction of sp³-hybridized carbons (Fsp3) is 0.174. The van der Waals surface area contributed by atoms with Crippen molar-refractivity contribution in [2.45, 2.75) is 18.0 Å². The molecule has 0 radical (unpaired) electrons. The lowest BCUT2D eigenvalue weighted by atomic mass is 9.93. The first-order valence-corrected chi connectivity index (χ1v) is 9.82. The lowest BCUT2D eigenvalue weighted by molar-refractivity contribution is -0.275. The normalized spacial score (nSPS) is 14.2. The monoisotopic (exact) mass is 502 g/mol. The van der Waals surface area contributed by atoms with Crippen LogP contribution < -0.4 is 4.74 Å². The van der Waals surface area contributed by atoms with Crippen molar-refractivity contribution in [2.75, 3.05) is 6.61 Å². The Bertz CT molecular complexity index is 1360. The van der Waals surface area contributed by atoms with Gasteiger partial charge in [-0.05, 0) is 60.2 Å². The van der Waals surface area contributed by atoms with Gasteiger partial charge < -0.3 is 9.84 Å². The first kappa shape index (κ1) is 24.5. The molecule has 35 heavy (non-hydrogen) atoms. The minimum absolute atomic E-state index is 0.166. The number of fused-ring (bicyclic) bond motifs is 1. The maximum absolute atomic E-state index is 13.9. The molecule has 0 aliphatic rings. The van der Waals surface area contributed by atoms with Crippen LogP contribution in [0, 0.1) is 11.6 Å². The van der Waals surface area contributed by atoms with E-state index in [0.717, 1.165) is 12.1 Å². The quantitative estimate of drug-likeness (QED) is 0.333. The van der Waals surface area contributed by atoms with Gasteiger partial charge in [-0.15, -0.1) is 0 Å². The minimum Gasteiger partial charge on any atom is -0.487 e. The van der Waals surface area contributed by atoms with Crippen molar-refractivity contribution in [3.8, 4) is 11.4 Å². The summed E-state index contributed by atoms with van der Waals surface area (Å²) in [5.41, 5.74) is -4.99. The largest absolute Gasteiger partial charge is 0.487 e. The summed E-state index contributed by atoms with van der Waals surface area (Å²) in [6.45, 7) is -1.62. The molecule has 1 atom stereocenters. The van der Waals surface area contributed by atoms with Gasteiger partial charge in [-0.1, -0.05) is 6.07 Å². The van der Waals surface area contributed by atoms with Gasteiger partial charge in [0.1, 0.15) is 12.4 Å². The molecular weight excluding hydrogens is 488 g/mol. The van der Waals surface area contributed by atoms with Gasteiger partial charge in [0.2, 0.25) is 5.60 Å². The fourth-order valence-electron chi connectivity index (χ4n) is 3.38. The van der Waals surface area contributed by atoms with Gasteiger partial charge in [-0.2, -0.15) is 31.4 Å². The Kier molecular flexibility index (Phi) is 5.95. The Hall–Kier alpha value is -3.67. The Morgan fingerprint density at radius 3 is 2.11 bits per heavy atom. The standard InChI is InChI=1S/C23H14F8N2O2/c24-16-3-5-17(6-4-16)33-19-8-2-14(9-13(19)11-32-33)21(34,23(29,30)31)12-35-20-10-15(22(26,27)28)1-7-18(20)25/h1-11,34H,12H2. The molecule has 1 heterocycles. The van der Waals surface area contributed by atoms with E-state index in [1.54, 1.807) is 0 Å². The van der Waals surface area contributed by atoms with Gasteiger partial charge in [0.05, 0.1) is 23.0 Å². The highest BCUT2D eigenvalue weighted by molar-refractivity contribution is 5.81. The molecule has 1 unspecified atom stereocenters. The molecule has 1 aromatic heterocycles. The summed E-state index contributed by atoms with van der Waals surface area (Å²) in [5.74, 6) is -2.94. The van der Waals surface area contributed by atoms with Crippen LogP contribution in [-0.4, -0.2) is 27.7 Å². The van der Waals surface area contributed by atoms with Crippen LogP contribution in [0.5, 0.6) is 5.75 Å². The molecule has 0 saturated heterocycles. The Balaban J connectivity index is 1.69. The number of hydrogen-bond acceptors (Lipinski definition) is 3. The maximum Gasteiger partial charge on any atom is 0.424 e. The van der Waals surface area contributed by atoms with Gasteiger partial charge in [-0.3, -0.25) is 0 Å². The summed E-state index contributed by atoms with van der Waals surface area (Å²) < 4.78 is 114. The summed E-state index contributed by atoms with van der Waals surface area (Å²) >= 11 is 0. The second-order valence-corrected chi connectivity index (χ2v) is 7.60. The highest BCUT2D eigenvalue weighted by Gasteiger charge is 2.56. The van der Waals surface area contributed by atoms with Gasteiger partial charge in [0, 0.05) is 5.39 Å². The molecule has 184 valence electrons. The number of benzene rings is 3. The van der Waals surface area contributed by atoms with E-state index in [9.17, 15) is 40.2 Å².